The molecule has 0 aromatic heterocycles. The molecule has 4 heterocycles. The van der Waals surface area contributed by atoms with Gasteiger partial charge in [-0.2, -0.15) is 0 Å². The first kappa shape index (κ1) is 55.1. The molecule has 0 aliphatic carbocycles. The average Bonchev–Trinajstić information content (AvgIpc) is 3.94. The quantitative estimate of drug-likeness (QED) is 0.0563. The lowest BCUT2D eigenvalue weighted by Crippen LogP contribution is -2.61. The predicted octanol–water partition coefficient (Wildman–Crippen LogP) is 9.68. The van der Waals surface area contributed by atoms with E-state index in [9.17, 15) is 10.2 Å². The van der Waals surface area contributed by atoms with Crippen LogP contribution < -0.4 is 0 Å². The van der Waals surface area contributed by atoms with Crippen LogP contribution in [0.5, 0.6) is 0 Å². The van der Waals surface area contributed by atoms with Crippen molar-refractivity contribution < 1.29 is 62.3 Å². The van der Waals surface area contributed by atoms with Gasteiger partial charge in [0.1, 0.15) is 54.9 Å². The van der Waals surface area contributed by atoms with Gasteiger partial charge in [-0.1, -0.05) is 182 Å². The number of rotatable bonds is 25. The molecular formula is C64H74O13. The van der Waals surface area contributed by atoms with Gasteiger partial charge in [-0.25, -0.2) is 0 Å². The predicted molar refractivity (Wildman–Crippen MR) is 288 cm³/mol. The van der Waals surface area contributed by atoms with Crippen molar-refractivity contribution in [2.45, 2.75) is 158 Å². The maximum Gasteiger partial charge on any atom is 0.187 e. The Bertz CT molecular complexity index is 2620. The van der Waals surface area contributed by atoms with E-state index in [1.54, 1.807) is 0 Å². The lowest BCUT2D eigenvalue weighted by molar-refractivity contribution is -0.268. The number of aliphatic hydroxyl groups excluding tert-OH is 2. The Balaban J connectivity index is 0.901. The summed E-state index contributed by atoms with van der Waals surface area (Å²) >= 11 is 0. The van der Waals surface area contributed by atoms with E-state index in [2.05, 4.69) is 0 Å². The van der Waals surface area contributed by atoms with Gasteiger partial charge in [-0.05, 0) is 66.5 Å². The Kier molecular flexibility index (Phi) is 19.4. The summed E-state index contributed by atoms with van der Waals surface area (Å²) < 4.78 is 73.5. The van der Waals surface area contributed by atoms with Crippen LogP contribution in [0.25, 0.3) is 0 Å². The van der Waals surface area contributed by atoms with Gasteiger partial charge in [0.25, 0.3) is 0 Å². The third-order valence-electron chi connectivity index (χ3n) is 15.0. The maximum atomic E-state index is 12.7. The summed E-state index contributed by atoms with van der Waals surface area (Å²) in [7, 11) is 0. The van der Waals surface area contributed by atoms with Crippen LogP contribution >= 0.6 is 0 Å². The maximum absolute atomic E-state index is 12.7. The van der Waals surface area contributed by atoms with Crippen molar-refractivity contribution in [3.63, 3.8) is 0 Å². The average molecular weight is 1050 g/mol. The first-order valence-corrected chi connectivity index (χ1v) is 27.3. The fraction of sp³-hybridized carbons (Fsp3) is 0.438. The molecule has 408 valence electrons. The van der Waals surface area contributed by atoms with Gasteiger partial charge in [0, 0.05) is 5.92 Å². The normalized spacial score (nSPS) is 29.8. The molecule has 4 aliphatic rings. The van der Waals surface area contributed by atoms with Crippen LogP contribution in [0.1, 0.15) is 66.5 Å². The Morgan fingerprint density at radius 3 is 1.12 bits per heavy atom. The standard InChI is InChI=1S/C64H74O13/c1-64(2)76-58-50(35-53-57(66)62(72-41-49-31-19-8-20-32-49)60(70-39-47-27-15-6-16-28-47)55(74-53)43-68-37-45-23-11-4-12-24-45)51(75-63(58)77-64)33-34-52-56(65)61(71-40-48-29-17-7-18-30-48)59(69-38-46-25-13-5-14-26-46)54(73-52)42-67-36-44-21-9-3-10-22-44/h3-32,50-63,65-66H,33-43H2,1-2H3/t50-,51-,52+,53+,54-,55-,56+,57+,58-,59-,60-,61-,62-,63-/m1/s1. The van der Waals surface area contributed by atoms with Crippen LogP contribution in [-0.2, 0) is 91.7 Å². The highest BCUT2D eigenvalue weighted by molar-refractivity contribution is 5.18. The third-order valence-corrected chi connectivity index (χ3v) is 15.0. The van der Waals surface area contributed by atoms with E-state index >= 15 is 0 Å². The number of ether oxygens (including phenoxy) is 11. The molecule has 0 radical (unpaired) electrons. The van der Waals surface area contributed by atoms with Crippen LogP contribution in [0.3, 0.4) is 0 Å². The summed E-state index contributed by atoms with van der Waals surface area (Å²) in [6, 6.07) is 59.8. The minimum absolute atomic E-state index is 0.183. The molecule has 4 aliphatic heterocycles. The number of benzene rings is 6. The summed E-state index contributed by atoms with van der Waals surface area (Å²) in [6.45, 7) is 5.96. The highest BCUT2D eigenvalue weighted by Gasteiger charge is 2.57. The summed E-state index contributed by atoms with van der Waals surface area (Å²) in [5, 5.41) is 25.1. The van der Waals surface area contributed by atoms with E-state index < -0.39 is 85.3 Å². The molecule has 4 saturated heterocycles. The molecule has 6 aromatic rings. The third kappa shape index (κ3) is 14.9. The van der Waals surface area contributed by atoms with Crippen molar-refractivity contribution in [1.29, 1.82) is 0 Å². The van der Waals surface area contributed by atoms with Crippen LogP contribution in [0.2, 0.25) is 0 Å². The van der Waals surface area contributed by atoms with E-state index in [0.29, 0.717) is 32.5 Å². The number of fused-ring (bicyclic) bond motifs is 1. The monoisotopic (exact) mass is 1050 g/mol. The van der Waals surface area contributed by atoms with E-state index in [4.69, 9.17) is 52.1 Å². The van der Waals surface area contributed by atoms with Gasteiger partial charge in [-0.3, -0.25) is 0 Å². The molecule has 13 nitrogen and oxygen atoms in total. The molecule has 14 atom stereocenters. The molecule has 6 aromatic carbocycles. The van der Waals surface area contributed by atoms with Crippen molar-refractivity contribution in [2.24, 2.45) is 5.92 Å². The van der Waals surface area contributed by atoms with Crippen molar-refractivity contribution in [2.75, 3.05) is 13.2 Å². The number of hydrogen-bond donors (Lipinski definition) is 2. The molecule has 0 saturated carbocycles. The highest BCUT2D eigenvalue weighted by atomic mass is 16.8. The van der Waals surface area contributed by atoms with Gasteiger partial charge >= 0.3 is 0 Å². The van der Waals surface area contributed by atoms with Gasteiger partial charge in [0.2, 0.25) is 0 Å². The van der Waals surface area contributed by atoms with E-state index in [-0.39, 0.29) is 45.6 Å². The zero-order valence-electron chi connectivity index (χ0n) is 44.1. The second kappa shape index (κ2) is 27.1. The Morgan fingerprint density at radius 1 is 0.377 bits per heavy atom. The molecule has 13 heteroatoms. The van der Waals surface area contributed by atoms with Crippen molar-refractivity contribution in [3.8, 4) is 0 Å². The minimum Gasteiger partial charge on any atom is -0.388 e. The Labute approximate surface area is 453 Å². The molecule has 0 spiro atoms. The fourth-order valence-corrected chi connectivity index (χ4v) is 11.1. The van der Waals surface area contributed by atoms with Gasteiger partial charge in [0.15, 0.2) is 12.1 Å². The molecular weight excluding hydrogens is 977 g/mol. The van der Waals surface area contributed by atoms with Crippen LogP contribution in [0.4, 0.5) is 0 Å². The van der Waals surface area contributed by atoms with Gasteiger partial charge in [0.05, 0.1) is 71.2 Å². The van der Waals surface area contributed by atoms with Gasteiger partial charge in [-0.15, -0.1) is 0 Å². The smallest absolute Gasteiger partial charge is 0.187 e. The fourth-order valence-electron chi connectivity index (χ4n) is 11.1. The number of hydrogen-bond acceptors (Lipinski definition) is 13. The van der Waals surface area contributed by atoms with Crippen molar-refractivity contribution in [3.05, 3.63) is 215 Å². The molecule has 4 fully saturated rings. The highest BCUT2D eigenvalue weighted by Crippen LogP contribution is 2.46. The summed E-state index contributed by atoms with van der Waals surface area (Å²) in [6.07, 6.45) is -8.22. The second-order valence-corrected chi connectivity index (χ2v) is 21.1. The summed E-state index contributed by atoms with van der Waals surface area (Å²) in [5.74, 6) is -1.23. The topological polar surface area (TPSA) is 142 Å². The van der Waals surface area contributed by atoms with E-state index in [1.807, 2.05) is 196 Å². The largest absolute Gasteiger partial charge is 0.388 e. The van der Waals surface area contributed by atoms with Crippen LogP contribution in [0, 0.1) is 5.92 Å². The molecule has 0 amide bonds. The van der Waals surface area contributed by atoms with Crippen LogP contribution in [0.15, 0.2) is 182 Å². The molecule has 10 rings (SSSR count). The SMILES string of the molecule is CC1(C)O[C@H]2O[C@H](CC[C@@H]3O[C@H](COCc4ccccc4)[C@@H](OCc4ccccc4)[C@H](OCc4ccccc4)[C@H]3O)[C@@H](C[C@@H]3O[C@H](COCc4ccccc4)[C@@H](OCc4ccccc4)[C@H](OCc4ccccc4)[C@H]3O)[C@H]2O1. The zero-order chi connectivity index (χ0) is 52.8. The minimum atomic E-state index is -1.12. The van der Waals surface area contributed by atoms with E-state index in [0.717, 1.165) is 33.4 Å². The number of aliphatic hydroxyl groups is 2. The Morgan fingerprint density at radius 2 is 0.714 bits per heavy atom. The summed E-state index contributed by atoms with van der Waals surface area (Å²) in [4.78, 5) is 0. The van der Waals surface area contributed by atoms with Crippen molar-refractivity contribution >= 4 is 0 Å². The van der Waals surface area contributed by atoms with E-state index in [1.165, 1.54) is 0 Å². The molecule has 0 unspecified atom stereocenters. The molecule has 0 bridgehead atoms. The van der Waals surface area contributed by atoms with Crippen molar-refractivity contribution in [1.82, 2.24) is 0 Å². The second-order valence-electron chi connectivity index (χ2n) is 21.1. The molecule has 2 N–H and O–H groups in total. The van der Waals surface area contributed by atoms with Crippen LogP contribution in [-0.4, -0.2) is 109 Å². The van der Waals surface area contributed by atoms with Gasteiger partial charge < -0.3 is 62.3 Å². The zero-order valence-corrected chi connectivity index (χ0v) is 44.1. The molecule has 77 heavy (non-hydrogen) atoms. The lowest BCUT2D eigenvalue weighted by atomic mass is 9.83. The first-order chi connectivity index (χ1) is 37.7. The lowest BCUT2D eigenvalue weighted by Gasteiger charge is -2.46. The first-order valence-electron chi connectivity index (χ1n) is 27.3. The summed E-state index contributed by atoms with van der Waals surface area (Å²) in [5.41, 5.74) is 5.96. The Hall–Kier alpha value is -5.20.